The van der Waals surface area contributed by atoms with E-state index in [-0.39, 0.29) is 18.2 Å². The molecule has 0 spiro atoms. The van der Waals surface area contributed by atoms with Crippen molar-refractivity contribution in [3.8, 4) is 0 Å². The van der Waals surface area contributed by atoms with Crippen molar-refractivity contribution in [3.63, 3.8) is 0 Å². The number of hydrogen-bond acceptors (Lipinski definition) is 3. The van der Waals surface area contributed by atoms with E-state index in [0.29, 0.717) is 5.56 Å². The third-order valence-corrected chi connectivity index (χ3v) is 3.16. The van der Waals surface area contributed by atoms with E-state index in [4.69, 9.17) is 5.11 Å². The van der Waals surface area contributed by atoms with Gasteiger partial charge in [0.1, 0.15) is 0 Å². The summed E-state index contributed by atoms with van der Waals surface area (Å²) >= 11 is 0. The van der Waals surface area contributed by atoms with Crippen LogP contribution in [0.5, 0.6) is 0 Å². The quantitative estimate of drug-likeness (QED) is 0.821. The van der Waals surface area contributed by atoms with E-state index in [1.807, 2.05) is 13.8 Å². The van der Waals surface area contributed by atoms with Gasteiger partial charge in [0, 0.05) is 13.2 Å². The van der Waals surface area contributed by atoms with Gasteiger partial charge in [0.25, 0.3) is 5.91 Å². The molecule has 6 nitrogen and oxygen atoms in total. The van der Waals surface area contributed by atoms with E-state index >= 15 is 0 Å². The lowest BCUT2D eigenvalue weighted by Crippen LogP contribution is -2.51. The number of carbonyl (C=O) groups excluding carboxylic acids is 1. The lowest BCUT2D eigenvalue weighted by molar-refractivity contribution is -0.138. The average molecular weight is 253 g/mol. The molecule has 2 N–H and O–H groups in total. The van der Waals surface area contributed by atoms with Crippen molar-refractivity contribution in [2.75, 3.05) is 0 Å². The van der Waals surface area contributed by atoms with Gasteiger partial charge >= 0.3 is 5.97 Å². The van der Waals surface area contributed by atoms with Crippen molar-refractivity contribution in [1.29, 1.82) is 0 Å². The number of hydrogen-bond donors (Lipinski definition) is 2. The summed E-state index contributed by atoms with van der Waals surface area (Å²) in [4.78, 5) is 22.9. The predicted molar refractivity (Wildman–Crippen MR) is 66.2 cm³/mol. The molecular formula is C12H19N3O3. The molecule has 0 aliphatic heterocycles. The van der Waals surface area contributed by atoms with Gasteiger partial charge in [-0.15, -0.1) is 0 Å². The molecule has 1 aromatic heterocycles. The number of carbonyl (C=O) groups is 2. The number of nitrogens with zero attached hydrogens (tertiary/aromatic N) is 2. The fraction of sp³-hybridized carbons (Fsp3) is 0.583. The molecule has 18 heavy (non-hydrogen) atoms. The first-order valence-electron chi connectivity index (χ1n) is 5.77. The molecule has 0 saturated carbocycles. The third kappa shape index (κ3) is 3.32. The van der Waals surface area contributed by atoms with Gasteiger partial charge in [-0.1, -0.05) is 13.8 Å². The summed E-state index contributed by atoms with van der Waals surface area (Å²) in [5, 5.41) is 15.6. The number of amides is 1. The Bertz CT molecular complexity index is 453. The fourth-order valence-electron chi connectivity index (χ4n) is 1.58. The maximum atomic E-state index is 12.0. The van der Waals surface area contributed by atoms with Gasteiger partial charge in [0.2, 0.25) is 0 Å². The standard InChI is InChI=1S/C12H19N3O3/c1-8(2)12(3,5-10(16)17)14-11(18)9-6-13-15(4)7-9/h6-8H,5H2,1-4H3,(H,14,18)(H,16,17). The Morgan fingerprint density at radius 2 is 2.17 bits per heavy atom. The van der Waals surface area contributed by atoms with Crippen molar-refractivity contribution < 1.29 is 14.7 Å². The Morgan fingerprint density at radius 1 is 1.56 bits per heavy atom. The first-order chi connectivity index (χ1) is 8.24. The summed E-state index contributed by atoms with van der Waals surface area (Å²) in [6.45, 7) is 5.50. The highest BCUT2D eigenvalue weighted by atomic mass is 16.4. The molecule has 1 aromatic rings. The van der Waals surface area contributed by atoms with Gasteiger partial charge in [-0.2, -0.15) is 5.10 Å². The molecule has 6 heteroatoms. The van der Waals surface area contributed by atoms with Crippen molar-refractivity contribution >= 4 is 11.9 Å². The molecule has 1 amide bonds. The second-order valence-electron chi connectivity index (χ2n) is 5.00. The number of aliphatic carboxylic acids is 1. The van der Waals surface area contributed by atoms with E-state index in [1.54, 1.807) is 20.2 Å². The summed E-state index contributed by atoms with van der Waals surface area (Å²) in [5.74, 6) is -1.23. The molecular weight excluding hydrogens is 234 g/mol. The highest BCUT2D eigenvalue weighted by molar-refractivity contribution is 5.94. The van der Waals surface area contributed by atoms with Crippen LogP contribution < -0.4 is 5.32 Å². The van der Waals surface area contributed by atoms with Crippen LogP contribution in [-0.2, 0) is 11.8 Å². The van der Waals surface area contributed by atoms with E-state index in [9.17, 15) is 9.59 Å². The van der Waals surface area contributed by atoms with Crippen LogP contribution in [0.4, 0.5) is 0 Å². The van der Waals surface area contributed by atoms with Gasteiger partial charge in [-0.3, -0.25) is 14.3 Å². The van der Waals surface area contributed by atoms with E-state index in [1.165, 1.54) is 10.9 Å². The molecule has 0 saturated heterocycles. The SMILES string of the molecule is CC(C)C(C)(CC(=O)O)NC(=O)c1cnn(C)c1. The molecule has 0 bridgehead atoms. The molecule has 0 aliphatic rings. The molecule has 0 aromatic carbocycles. The Hall–Kier alpha value is -1.85. The average Bonchev–Trinajstić information content (AvgIpc) is 2.63. The first-order valence-corrected chi connectivity index (χ1v) is 5.77. The van der Waals surface area contributed by atoms with Crippen LogP contribution in [0.2, 0.25) is 0 Å². The Labute approximate surface area is 106 Å². The van der Waals surface area contributed by atoms with Crippen LogP contribution in [0.15, 0.2) is 12.4 Å². The molecule has 1 atom stereocenters. The zero-order valence-electron chi connectivity index (χ0n) is 11.1. The molecule has 0 radical (unpaired) electrons. The van der Waals surface area contributed by atoms with Crippen LogP contribution in [0.25, 0.3) is 0 Å². The maximum Gasteiger partial charge on any atom is 0.305 e. The zero-order chi connectivity index (χ0) is 13.9. The zero-order valence-corrected chi connectivity index (χ0v) is 11.1. The summed E-state index contributed by atoms with van der Waals surface area (Å²) < 4.78 is 1.53. The topological polar surface area (TPSA) is 84.2 Å². The van der Waals surface area contributed by atoms with Crippen molar-refractivity contribution in [2.24, 2.45) is 13.0 Å². The number of aromatic nitrogens is 2. The highest BCUT2D eigenvalue weighted by Crippen LogP contribution is 2.21. The number of rotatable bonds is 5. The largest absolute Gasteiger partial charge is 0.481 e. The van der Waals surface area contributed by atoms with Crippen LogP contribution in [-0.4, -0.2) is 32.3 Å². The normalized spacial score (nSPS) is 14.3. The van der Waals surface area contributed by atoms with E-state index < -0.39 is 11.5 Å². The van der Waals surface area contributed by atoms with Crippen molar-refractivity contribution in [2.45, 2.75) is 32.7 Å². The Morgan fingerprint density at radius 3 is 2.56 bits per heavy atom. The third-order valence-electron chi connectivity index (χ3n) is 3.16. The second-order valence-corrected chi connectivity index (χ2v) is 5.00. The summed E-state index contributed by atoms with van der Waals surface area (Å²) in [7, 11) is 1.72. The molecule has 1 unspecified atom stereocenters. The van der Waals surface area contributed by atoms with Crippen molar-refractivity contribution in [1.82, 2.24) is 15.1 Å². The van der Waals surface area contributed by atoms with E-state index in [0.717, 1.165) is 0 Å². The van der Waals surface area contributed by atoms with Gasteiger partial charge in [0.15, 0.2) is 0 Å². The number of carboxylic acid groups (broad SMARTS) is 1. The Balaban J connectivity index is 2.84. The van der Waals surface area contributed by atoms with Gasteiger partial charge in [-0.05, 0) is 12.8 Å². The number of nitrogens with one attached hydrogen (secondary N) is 1. The second kappa shape index (κ2) is 5.20. The molecule has 0 fully saturated rings. The molecule has 0 aliphatic carbocycles. The fourth-order valence-corrected chi connectivity index (χ4v) is 1.58. The van der Waals surface area contributed by atoms with Gasteiger partial charge < -0.3 is 10.4 Å². The molecule has 1 heterocycles. The minimum absolute atomic E-state index is 0.00854. The minimum Gasteiger partial charge on any atom is -0.481 e. The lowest BCUT2D eigenvalue weighted by atomic mass is 9.85. The minimum atomic E-state index is -0.933. The van der Waals surface area contributed by atoms with Crippen molar-refractivity contribution in [3.05, 3.63) is 18.0 Å². The number of carboxylic acids is 1. The van der Waals surface area contributed by atoms with Gasteiger partial charge in [-0.25, -0.2) is 0 Å². The smallest absolute Gasteiger partial charge is 0.305 e. The maximum absolute atomic E-state index is 12.0. The highest BCUT2D eigenvalue weighted by Gasteiger charge is 2.33. The number of aryl methyl sites for hydroxylation is 1. The van der Waals surface area contributed by atoms with E-state index in [2.05, 4.69) is 10.4 Å². The van der Waals surface area contributed by atoms with Gasteiger partial charge in [0.05, 0.1) is 23.7 Å². The summed E-state index contributed by atoms with van der Waals surface area (Å²) in [6, 6.07) is 0. The van der Waals surface area contributed by atoms with Crippen LogP contribution in [0.1, 0.15) is 37.6 Å². The molecule has 100 valence electrons. The predicted octanol–water partition coefficient (Wildman–Crippen LogP) is 1.04. The summed E-state index contributed by atoms with van der Waals surface area (Å²) in [5.41, 5.74) is -0.353. The Kier molecular flexibility index (Phi) is 4.11. The first kappa shape index (κ1) is 14.2. The van der Waals surface area contributed by atoms with Crippen LogP contribution >= 0.6 is 0 Å². The lowest BCUT2D eigenvalue weighted by Gasteiger charge is -2.33. The summed E-state index contributed by atoms with van der Waals surface area (Å²) in [6.07, 6.45) is 2.93. The molecule has 1 rings (SSSR count). The van der Waals surface area contributed by atoms with Crippen LogP contribution in [0, 0.1) is 5.92 Å². The van der Waals surface area contributed by atoms with Crippen LogP contribution in [0.3, 0.4) is 0 Å². The monoisotopic (exact) mass is 253 g/mol.